The first-order valence-corrected chi connectivity index (χ1v) is 8.62. The van der Waals surface area contributed by atoms with Gasteiger partial charge in [-0.25, -0.2) is 0 Å². The molecule has 0 atom stereocenters. The molecule has 0 saturated carbocycles. The maximum absolute atomic E-state index is 2.26. The van der Waals surface area contributed by atoms with Gasteiger partial charge in [0.1, 0.15) is 0 Å². The van der Waals surface area contributed by atoms with E-state index in [1.165, 1.54) is 22.3 Å². The molecule has 0 aromatic heterocycles. The average Bonchev–Trinajstić information content (AvgIpc) is 2.52. The third-order valence-electron chi connectivity index (χ3n) is 3.64. The fourth-order valence-electron chi connectivity index (χ4n) is 2.53. The van der Waals surface area contributed by atoms with Crippen LogP contribution >= 0.6 is 0 Å². The Morgan fingerprint density at radius 3 is 0.700 bits per heavy atom. The van der Waals surface area contributed by atoms with Gasteiger partial charge in [-0.05, 0) is 73.9 Å². The second-order valence-electron chi connectivity index (χ2n) is 4.16. The lowest BCUT2D eigenvalue weighted by atomic mass is 9.87. The highest BCUT2D eigenvalue weighted by atomic mass is 14.2. The number of hydrogen-bond donors (Lipinski definition) is 0. The Bertz CT molecular complexity index is 282. The molecule has 1 aromatic rings. The molecule has 0 unspecified atom stereocenters. The van der Waals surface area contributed by atoms with Crippen LogP contribution in [0.5, 0.6) is 0 Å². The van der Waals surface area contributed by atoms with E-state index in [1.54, 1.807) is 11.1 Å². The van der Waals surface area contributed by atoms with E-state index in [9.17, 15) is 0 Å². The van der Waals surface area contributed by atoms with Crippen molar-refractivity contribution in [3.63, 3.8) is 0 Å². The largest absolute Gasteiger partial charge is 0.0683 e. The van der Waals surface area contributed by atoms with Crippen molar-refractivity contribution in [1.82, 2.24) is 0 Å². The van der Waals surface area contributed by atoms with Gasteiger partial charge in [-0.3, -0.25) is 0 Å². The zero-order chi connectivity index (χ0) is 16.9. The van der Waals surface area contributed by atoms with Gasteiger partial charge < -0.3 is 0 Å². The number of rotatable bonds is 2. The van der Waals surface area contributed by atoms with Gasteiger partial charge in [-0.1, -0.05) is 55.4 Å². The first-order chi connectivity index (χ1) is 9.54. The summed E-state index contributed by atoms with van der Waals surface area (Å²) in [4.78, 5) is 0. The average molecular weight is 281 g/mol. The van der Waals surface area contributed by atoms with Crippen LogP contribution in [0.2, 0.25) is 0 Å². The lowest BCUT2D eigenvalue weighted by Gasteiger charge is -2.18. The molecule has 0 fully saturated rings. The summed E-state index contributed by atoms with van der Waals surface area (Å²) in [6.07, 6.45) is 2.31. The number of hydrogen-bond acceptors (Lipinski definition) is 0. The quantitative estimate of drug-likeness (QED) is 0.541. The molecule has 0 amide bonds. The zero-order valence-corrected chi connectivity index (χ0v) is 16.4. The van der Waals surface area contributed by atoms with E-state index in [4.69, 9.17) is 0 Å². The molecule has 0 aliphatic rings. The fraction of sp³-hybridized carbons (Fsp3) is 0.700. The van der Waals surface area contributed by atoms with Crippen LogP contribution in [0.25, 0.3) is 0 Å². The van der Waals surface area contributed by atoms with E-state index in [-0.39, 0.29) is 0 Å². The first kappa shape index (κ1) is 24.3. The maximum Gasteiger partial charge on any atom is -0.0302 e. The second-order valence-corrected chi connectivity index (χ2v) is 4.16. The van der Waals surface area contributed by atoms with Crippen LogP contribution < -0.4 is 0 Å². The Balaban J connectivity index is -0.000000425. The summed E-state index contributed by atoms with van der Waals surface area (Å²) in [5.74, 6) is 0. The van der Waals surface area contributed by atoms with E-state index in [1.807, 2.05) is 41.5 Å². The predicted octanol–water partition coefficient (Wildman–Crippen LogP) is 7.12. The van der Waals surface area contributed by atoms with Gasteiger partial charge in [0, 0.05) is 0 Å². The molecule has 0 saturated heterocycles. The van der Waals surface area contributed by atoms with E-state index in [0.717, 1.165) is 12.8 Å². The summed E-state index contributed by atoms with van der Waals surface area (Å²) in [5, 5.41) is 0. The molecule has 0 radical (unpaired) electrons. The Morgan fingerprint density at radius 1 is 0.450 bits per heavy atom. The first-order valence-electron chi connectivity index (χ1n) is 8.62. The van der Waals surface area contributed by atoms with Crippen LogP contribution in [0.1, 0.15) is 88.8 Å². The van der Waals surface area contributed by atoms with Crippen molar-refractivity contribution in [2.75, 3.05) is 0 Å². The van der Waals surface area contributed by atoms with Gasteiger partial charge in [-0.2, -0.15) is 0 Å². The Hall–Kier alpha value is -0.780. The van der Waals surface area contributed by atoms with Crippen LogP contribution in [0.15, 0.2) is 0 Å². The molecule has 1 rings (SSSR count). The molecule has 0 nitrogen and oxygen atoms in total. The molecule has 0 N–H and O–H groups in total. The van der Waals surface area contributed by atoms with Crippen molar-refractivity contribution in [3.05, 3.63) is 33.4 Å². The smallest absolute Gasteiger partial charge is 0.0302 e. The lowest BCUT2D eigenvalue weighted by molar-refractivity contribution is 0.996. The Labute approximate surface area is 130 Å². The van der Waals surface area contributed by atoms with Gasteiger partial charge in [-0.15, -0.1) is 0 Å². The van der Waals surface area contributed by atoms with Gasteiger partial charge in [0.2, 0.25) is 0 Å². The summed E-state index contributed by atoms with van der Waals surface area (Å²) in [7, 11) is 0. The molecule has 120 valence electrons. The highest BCUT2D eigenvalue weighted by Crippen LogP contribution is 2.27. The normalized spacial score (nSPS) is 8.40. The number of benzene rings is 1. The van der Waals surface area contributed by atoms with Crippen molar-refractivity contribution in [2.24, 2.45) is 0 Å². The molecule has 0 heterocycles. The third-order valence-corrected chi connectivity index (χ3v) is 3.64. The van der Waals surface area contributed by atoms with Crippen molar-refractivity contribution < 1.29 is 0 Å². The standard InChI is InChI=1S/C14H22.3C2H6/c1-7-13-9(3)11(5)14(8-2)12(6)10(13)4;3*1-2/h7-8H2,1-6H3;3*1-2H3. The topological polar surface area (TPSA) is 0 Å². The van der Waals surface area contributed by atoms with Crippen LogP contribution in [-0.2, 0) is 12.8 Å². The van der Waals surface area contributed by atoms with Crippen LogP contribution in [-0.4, -0.2) is 0 Å². The Kier molecular flexibility index (Phi) is 17.7. The van der Waals surface area contributed by atoms with E-state index in [2.05, 4.69) is 41.5 Å². The minimum Gasteiger partial charge on any atom is -0.0683 e. The van der Waals surface area contributed by atoms with Crippen LogP contribution in [0.4, 0.5) is 0 Å². The molecule has 0 aliphatic carbocycles. The van der Waals surface area contributed by atoms with E-state index < -0.39 is 0 Å². The van der Waals surface area contributed by atoms with Gasteiger partial charge in [0.25, 0.3) is 0 Å². The van der Waals surface area contributed by atoms with Gasteiger partial charge >= 0.3 is 0 Å². The molecule has 0 spiro atoms. The van der Waals surface area contributed by atoms with E-state index >= 15 is 0 Å². The predicted molar refractivity (Wildman–Crippen MR) is 98.2 cm³/mol. The third kappa shape index (κ3) is 6.11. The fourth-order valence-corrected chi connectivity index (χ4v) is 2.53. The highest BCUT2D eigenvalue weighted by Gasteiger charge is 2.11. The minimum atomic E-state index is 1.16. The molecule has 0 aliphatic heterocycles. The van der Waals surface area contributed by atoms with Crippen molar-refractivity contribution in [1.29, 1.82) is 0 Å². The summed E-state index contributed by atoms with van der Waals surface area (Å²) < 4.78 is 0. The van der Waals surface area contributed by atoms with Crippen LogP contribution in [0.3, 0.4) is 0 Å². The maximum atomic E-state index is 2.26. The minimum absolute atomic E-state index is 1.16. The van der Waals surface area contributed by atoms with Crippen molar-refractivity contribution >= 4 is 0 Å². The molecule has 20 heavy (non-hydrogen) atoms. The van der Waals surface area contributed by atoms with Crippen molar-refractivity contribution in [3.8, 4) is 0 Å². The van der Waals surface area contributed by atoms with Gasteiger partial charge in [0.05, 0.1) is 0 Å². The van der Waals surface area contributed by atoms with Gasteiger partial charge in [0.15, 0.2) is 0 Å². The van der Waals surface area contributed by atoms with Crippen LogP contribution in [0, 0.1) is 27.7 Å². The molecule has 1 aromatic carbocycles. The van der Waals surface area contributed by atoms with E-state index in [0.29, 0.717) is 0 Å². The SMILES string of the molecule is CC.CC.CC.CCc1c(C)c(C)c(CC)c(C)c1C. The van der Waals surface area contributed by atoms with Crippen molar-refractivity contribution in [2.45, 2.75) is 95.9 Å². The molecular formula is C20H40. The molecule has 0 heteroatoms. The monoisotopic (exact) mass is 280 g/mol. The zero-order valence-electron chi connectivity index (χ0n) is 16.4. The molecular weight excluding hydrogens is 240 g/mol. The summed E-state index contributed by atoms with van der Waals surface area (Å²) in [5.41, 5.74) is 9.13. The molecule has 0 bridgehead atoms. The summed E-state index contributed by atoms with van der Waals surface area (Å²) >= 11 is 0. The lowest BCUT2D eigenvalue weighted by Crippen LogP contribution is -2.03. The summed E-state index contributed by atoms with van der Waals surface area (Å²) in [6.45, 7) is 25.6. The highest BCUT2D eigenvalue weighted by molar-refractivity contribution is 5.49. The Morgan fingerprint density at radius 2 is 0.600 bits per heavy atom. The second kappa shape index (κ2) is 14.6. The summed E-state index contributed by atoms with van der Waals surface area (Å²) in [6, 6.07) is 0.